The zero-order chi connectivity index (χ0) is 17.9. The van der Waals surface area contributed by atoms with Crippen molar-refractivity contribution in [1.82, 2.24) is 9.97 Å². The molecule has 2 aromatic rings. The third-order valence-corrected chi connectivity index (χ3v) is 4.52. The Morgan fingerprint density at radius 3 is 1.08 bits per heavy atom. The summed E-state index contributed by atoms with van der Waals surface area (Å²) in [6, 6.07) is 9.16. The topological polar surface area (TPSA) is 103 Å². The molecule has 1 aliphatic carbocycles. The van der Waals surface area contributed by atoms with E-state index in [-0.39, 0.29) is 37.3 Å². The summed E-state index contributed by atoms with van der Waals surface area (Å²) in [4.78, 5) is 7.46. The van der Waals surface area contributed by atoms with Gasteiger partial charge in [0.1, 0.15) is 0 Å². The second-order valence-corrected chi connectivity index (χ2v) is 5.85. The molecule has 26 heavy (non-hydrogen) atoms. The van der Waals surface area contributed by atoms with Gasteiger partial charge in [-0.15, -0.1) is 0 Å². The summed E-state index contributed by atoms with van der Waals surface area (Å²) in [7, 11) is 0. The fourth-order valence-electron chi connectivity index (χ4n) is 2.52. The van der Waals surface area contributed by atoms with Gasteiger partial charge in [0, 0.05) is 0 Å². The molecule has 5 radical (unpaired) electrons. The molecule has 1 aliphatic rings. The number of hydrogen-bond donors (Lipinski definition) is 0. The minimum Gasteiger partial charge on any atom is -0.859 e. The molecule has 3 rings (SSSR count). The van der Waals surface area contributed by atoms with Crippen LogP contribution in [0.25, 0.3) is 11.4 Å². The zero-order valence-corrected chi connectivity index (χ0v) is 17.9. The number of hydrogen-bond acceptors (Lipinski definition) is 4. The van der Waals surface area contributed by atoms with Crippen molar-refractivity contribution in [1.29, 1.82) is 0 Å². The molecular formula is C20H23IrN2O3+. The maximum absolute atomic E-state index is 10.9. The van der Waals surface area contributed by atoms with E-state index in [0.29, 0.717) is 11.4 Å². The molecule has 2 heterocycles. The van der Waals surface area contributed by atoms with Gasteiger partial charge in [0.2, 0.25) is 0 Å². The smallest absolute Gasteiger partial charge is 0.859 e. The Balaban J connectivity index is 0.000000469. The Hall–Kier alpha value is -1.49. The van der Waals surface area contributed by atoms with Gasteiger partial charge in [-0.2, -0.15) is 0 Å². The van der Waals surface area contributed by atoms with Crippen LogP contribution in [-0.4, -0.2) is 15.4 Å². The quantitative estimate of drug-likeness (QED) is 0.564. The van der Waals surface area contributed by atoms with Crippen molar-refractivity contribution in [2.24, 2.45) is 0 Å². The first-order chi connectivity index (χ1) is 11.3. The predicted molar refractivity (Wildman–Crippen MR) is 94.6 cm³/mol. The van der Waals surface area contributed by atoms with Crippen molar-refractivity contribution >= 4 is 0 Å². The maximum Gasteiger partial charge on any atom is 3.00 e. The van der Waals surface area contributed by atoms with Gasteiger partial charge in [-0.25, -0.2) is 0 Å². The van der Waals surface area contributed by atoms with Crippen LogP contribution in [0.15, 0.2) is 36.4 Å². The molecule has 0 amide bonds. The molecule has 0 unspecified atom stereocenters. The van der Waals surface area contributed by atoms with Gasteiger partial charge in [0.25, 0.3) is 0 Å². The Labute approximate surface area is 169 Å². The molecule has 2 aromatic heterocycles. The molecular weight excluding hydrogens is 508 g/mol. The summed E-state index contributed by atoms with van der Waals surface area (Å²) in [6.07, 6.45) is 0. The summed E-state index contributed by atoms with van der Waals surface area (Å²) < 4.78 is 0. The summed E-state index contributed by atoms with van der Waals surface area (Å²) in [5, 5.41) is 21.9. The van der Waals surface area contributed by atoms with E-state index in [2.05, 4.69) is 44.6 Å². The molecule has 0 saturated heterocycles. The average Bonchev–Trinajstić information content (AvgIpc) is 2.73. The van der Waals surface area contributed by atoms with Crippen molar-refractivity contribution in [3.05, 3.63) is 66.0 Å². The standard InChI is InChI=1S/C10H8N2O2.C10H15.Ir.H2O/c13-9-5-1-3-7(11-9)8-4-2-6-10(14)12-8;1-6-7(2)9(4)10(5)8(6)3;;/h1-6H,(H,11,13)(H,12,14);1-5H3;;1H2/q;;+3;/p-2. The van der Waals surface area contributed by atoms with Crippen molar-refractivity contribution < 1.29 is 35.8 Å². The van der Waals surface area contributed by atoms with E-state index in [0.717, 1.165) is 0 Å². The molecule has 1 fully saturated rings. The van der Waals surface area contributed by atoms with Gasteiger partial charge in [0.15, 0.2) is 0 Å². The average molecular weight is 532 g/mol. The molecule has 0 bridgehead atoms. The second kappa shape index (κ2) is 10.6. The van der Waals surface area contributed by atoms with Crippen molar-refractivity contribution in [3.63, 3.8) is 0 Å². The first-order valence-corrected chi connectivity index (χ1v) is 7.79. The van der Waals surface area contributed by atoms with Gasteiger partial charge in [-0.3, -0.25) is 9.97 Å². The molecule has 0 aromatic carbocycles. The van der Waals surface area contributed by atoms with Crippen LogP contribution in [0.3, 0.4) is 0 Å². The van der Waals surface area contributed by atoms with Crippen LogP contribution in [0.5, 0.6) is 11.8 Å². The minimum absolute atomic E-state index is 0. The number of pyridine rings is 2. The van der Waals surface area contributed by atoms with E-state index in [1.165, 1.54) is 41.7 Å². The van der Waals surface area contributed by atoms with Gasteiger partial charge in [-0.1, -0.05) is 58.9 Å². The fourth-order valence-corrected chi connectivity index (χ4v) is 2.52. The van der Waals surface area contributed by atoms with Crippen LogP contribution in [0.1, 0.15) is 34.6 Å². The van der Waals surface area contributed by atoms with E-state index < -0.39 is 0 Å². The van der Waals surface area contributed by atoms with Crippen LogP contribution in [0, 0.1) is 29.6 Å². The normalized spacial score (nSPS) is 16.3. The molecule has 139 valence electrons. The van der Waals surface area contributed by atoms with Crippen molar-refractivity contribution in [2.45, 2.75) is 34.6 Å². The first kappa shape index (κ1) is 24.5. The van der Waals surface area contributed by atoms with E-state index in [9.17, 15) is 10.2 Å². The summed E-state index contributed by atoms with van der Waals surface area (Å²) in [5.74, 6) is 6.67. The van der Waals surface area contributed by atoms with Crippen LogP contribution in [0.2, 0.25) is 0 Å². The predicted octanol–water partition coefficient (Wildman–Crippen LogP) is 2.44. The van der Waals surface area contributed by atoms with Crippen LogP contribution < -0.4 is 10.2 Å². The maximum atomic E-state index is 10.9. The van der Waals surface area contributed by atoms with Crippen LogP contribution in [0.4, 0.5) is 0 Å². The number of nitrogens with zero attached hydrogens (tertiary/aromatic N) is 2. The van der Waals surface area contributed by atoms with Crippen LogP contribution >= 0.6 is 0 Å². The van der Waals surface area contributed by atoms with Gasteiger partial charge < -0.3 is 15.7 Å². The Kier molecular flexibility index (Phi) is 10.00. The molecule has 1 saturated carbocycles. The van der Waals surface area contributed by atoms with E-state index in [1.807, 2.05) is 0 Å². The van der Waals surface area contributed by atoms with Crippen molar-refractivity contribution in [2.75, 3.05) is 0 Å². The molecule has 6 heteroatoms. The Morgan fingerprint density at radius 2 is 0.846 bits per heavy atom. The summed E-state index contributed by atoms with van der Waals surface area (Å²) in [5.41, 5.74) is 0.852. The third kappa shape index (κ3) is 5.76. The zero-order valence-electron chi connectivity index (χ0n) is 15.5. The van der Waals surface area contributed by atoms with Crippen molar-refractivity contribution in [3.8, 4) is 23.1 Å². The van der Waals surface area contributed by atoms with E-state index in [1.54, 1.807) is 24.3 Å². The first-order valence-electron chi connectivity index (χ1n) is 7.79. The van der Waals surface area contributed by atoms with Gasteiger partial charge in [0.05, 0.1) is 11.4 Å². The second-order valence-electron chi connectivity index (χ2n) is 5.85. The monoisotopic (exact) mass is 532 g/mol. The SMILES string of the molecule is C[C]1[C](C)[C](C)[C](C)[C]1C.O.[Ir+3].[O-]c1cccc(-c2cccc([O-])n2)n1. The number of rotatable bonds is 1. The summed E-state index contributed by atoms with van der Waals surface area (Å²) >= 11 is 0. The Bertz CT molecular complexity index is 595. The number of aromatic nitrogens is 2. The molecule has 0 spiro atoms. The largest absolute Gasteiger partial charge is 3.00 e. The molecule has 5 nitrogen and oxygen atoms in total. The van der Waals surface area contributed by atoms with E-state index in [4.69, 9.17) is 0 Å². The fraction of sp³-hybridized carbons (Fsp3) is 0.250. The van der Waals surface area contributed by atoms with Gasteiger partial charge >= 0.3 is 20.1 Å². The molecule has 0 atom stereocenters. The molecule has 2 N–H and O–H groups in total. The third-order valence-electron chi connectivity index (χ3n) is 4.52. The van der Waals surface area contributed by atoms with Crippen LogP contribution in [-0.2, 0) is 20.1 Å². The summed E-state index contributed by atoms with van der Waals surface area (Å²) in [6.45, 7) is 11.0. The molecule has 0 aliphatic heterocycles. The van der Waals surface area contributed by atoms with E-state index >= 15 is 0 Å². The Morgan fingerprint density at radius 1 is 0.577 bits per heavy atom. The minimum atomic E-state index is -0.333. The van der Waals surface area contributed by atoms with Gasteiger partial charge in [-0.05, 0) is 53.5 Å².